The van der Waals surface area contributed by atoms with Crippen LogP contribution in [0.1, 0.15) is 38.5 Å². The van der Waals surface area contributed by atoms with Crippen molar-refractivity contribution in [3.8, 4) is 0 Å². The molecule has 2 aliphatic carbocycles. The molecule has 8 heteroatoms. The van der Waals surface area contributed by atoms with E-state index in [1.807, 2.05) is 12.2 Å². The number of hydrogen-bond acceptors (Lipinski definition) is 4. The lowest BCUT2D eigenvalue weighted by Crippen LogP contribution is -2.49. The number of allylic oxidation sites excluding steroid dienone is 3. The van der Waals surface area contributed by atoms with Gasteiger partial charge in [0.1, 0.15) is 0 Å². The highest BCUT2D eigenvalue weighted by atomic mass is 16.2. The summed E-state index contributed by atoms with van der Waals surface area (Å²) in [6.45, 7) is 0.522. The number of carbonyl (C=O) groups excluding carboxylic acids is 4. The van der Waals surface area contributed by atoms with Gasteiger partial charge in [0.2, 0.25) is 11.8 Å². The number of amides is 5. The quantitative estimate of drug-likeness (QED) is 0.768. The van der Waals surface area contributed by atoms with Gasteiger partial charge in [-0.3, -0.25) is 19.7 Å². The Morgan fingerprint density at radius 3 is 2.79 bits per heavy atom. The second kappa shape index (κ2) is 7.53. The molecule has 0 aromatic carbocycles. The number of aliphatic imine (C=N–C) groups is 1. The van der Waals surface area contributed by atoms with Gasteiger partial charge in [-0.25, -0.2) is 9.79 Å². The third-order valence-electron chi connectivity index (χ3n) is 5.51. The van der Waals surface area contributed by atoms with Gasteiger partial charge in [0.25, 0.3) is 5.91 Å². The topological polar surface area (TPSA) is 108 Å². The molecule has 1 unspecified atom stereocenters. The van der Waals surface area contributed by atoms with Crippen LogP contribution in [-0.2, 0) is 14.4 Å². The molecule has 28 heavy (non-hydrogen) atoms. The molecule has 8 nitrogen and oxygen atoms in total. The molecule has 0 saturated carbocycles. The van der Waals surface area contributed by atoms with Crippen LogP contribution in [0.25, 0.3) is 0 Å². The van der Waals surface area contributed by atoms with Gasteiger partial charge in [-0.2, -0.15) is 0 Å². The largest absolute Gasteiger partial charge is 0.325 e. The van der Waals surface area contributed by atoms with Crippen molar-refractivity contribution in [2.45, 2.75) is 38.5 Å². The summed E-state index contributed by atoms with van der Waals surface area (Å²) in [5.41, 5.74) is 3.37. The fourth-order valence-corrected chi connectivity index (χ4v) is 4.06. The minimum Gasteiger partial charge on any atom is -0.325 e. The van der Waals surface area contributed by atoms with Crippen molar-refractivity contribution < 1.29 is 19.2 Å². The Kier molecular flexibility index (Phi) is 4.93. The first-order valence-electron chi connectivity index (χ1n) is 9.64. The number of fused-ring (bicyclic) bond motifs is 2. The molecule has 5 amide bonds. The average molecular weight is 382 g/mol. The summed E-state index contributed by atoms with van der Waals surface area (Å²) in [6, 6.07) is -0.472. The summed E-state index contributed by atoms with van der Waals surface area (Å²) >= 11 is 0. The summed E-state index contributed by atoms with van der Waals surface area (Å²) in [4.78, 5) is 52.9. The fraction of sp³-hybridized carbons (Fsp3) is 0.450. The van der Waals surface area contributed by atoms with Gasteiger partial charge in [-0.1, -0.05) is 6.08 Å². The predicted molar refractivity (Wildman–Crippen MR) is 101 cm³/mol. The molecule has 2 aliphatic heterocycles. The van der Waals surface area contributed by atoms with Gasteiger partial charge in [0.05, 0.1) is 5.71 Å². The third-order valence-corrected chi connectivity index (χ3v) is 5.51. The standard InChI is InChI=1S/C20H22N4O4/c25-17(7-9-24-10-8-18(26)23-20(24)28)21-12-5-6-14-13-3-1-2-4-15(13)19(27)22-16(14)11-12/h5-6,11,14H,1-4,7-10H2,(H,22,27)(H,23,26,28). The minimum atomic E-state index is -0.472. The van der Waals surface area contributed by atoms with Crippen LogP contribution < -0.4 is 10.6 Å². The summed E-state index contributed by atoms with van der Waals surface area (Å²) in [5, 5.41) is 5.17. The Bertz CT molecular complexity index is 881. The molecule has 146 valence electrons. The van der Waals surface area contributed by atoms with E-state index in [-0.39, 0.29) is 43.0 Å². The van der Waals surface area contributed by atoms with E-state index in [1.165, 1.54) is 10.5 Å². The van der Waals surface area contributed by atoms with Crippen LogP contribution in [0.2, 0.25) is 0 Å². The zero-order chi connectivity index (χ0) is 19.7. The number of nitrogens with zero attached hydrogens (tertiary/aromatic N) is 2. The number of nitrogens with one attached hydrogen (secondary N) is 2. The molecular formula is C20H22N4O4. The molecule has 1 atom stereocenters. The Hall–Kier alpha value is -3.03. The maximum absolute atomic E-state index is 12.3. The van der Waals surface area contributed by atoms with Crippen LogP contribution in [-0.4, -0.2) is 47.5 Å². The van der Waals surface area contributed by atoms with Gasteiger partial charge in [-0.05, 0) is 43.4 Å². The molecule has 2 N–H and O–H groups in total. The van der Waals surface area contributed by atoms with E-state index >= 15 is 0 Å². The van der Waals surface area contributed by atoms with E-state index in [0.717, 1.165) is 37.0 Å². The SMILES string of the molecule is O=C(CCN1CCC(=O)NC1=O)N=C1C=CC2C(=C1)NC(=O)C1=C2CCCC1. The Morgan fingerprint density at radius 1 is 1.14 bits per heavy atom. The molecule has 0 aromatic heterocycles. The normalized spacial score (nSPS) is 25.8. The maximum Gasteiger partial charge on any atom is 0.324 e. The fourth-order valence-electron chi connectivity index (χ4n) is 4.06. The highest BCUT2D eigenvalue weighted by Crippen LogP contribution is 2.38. The molecule has 0 radical (unpaired) electrons. The Labute approximate surface area is 162 Å². The third kappa shape index (κ3) is 3.67. The van der Waals surface area contributed by atoms with Crippen molar-refractivity contribution in [2.75, 3.05) is 13.1 Å². The summed E-state index contributed by atoms with van der Waals surface area (Å²) in [6.07, 6.45) is 9.78. The van der Waals surface area contributed by atoms with E-state index in [2.05, 4.69) is 15.6 Å². The lowest BCUT2D eigenvalue weighted by atomic mass is 9.77. The van der Waals surface area contributed by atoms with Crippen LogP contribution in [0, 0.1) is 5.92 Å². The summed E-state index contributed by atoms with van der Waals surface area (Å²) in [7, 11) is 0. The summed E-state index contributed by atoms with van der Waals surface area (Å²) in [5.74, 6) is -0.619. The van der Waals surface area contributed by atoms with Crippen molar-refractivity contribution in [1.82, 2.24) is 15.5 Å². The first kappa shape index (κ1) is 18.3. The highest BCUT2D eigenvalue weighted by Gasteiger charge is 2.33. The number of imide groups is 1. The van der Waals surface area contributed by atoms with Gasteiger partial charge in [0, 0.05) is 43.1 Å². The van der Waals surface area contributed by atoms with Gasteiger partial charge < -0.3 is 10.2 Å². The lowest BCUT2D eigenvalue weighted by Gasteiger charge is -2.33. The van der Waals surface area contributed by atoms with Crippen molar-refractivity contribution in [3.63, 3.8) is 0 Å². The van der Waals surface area contributed by atoms with Crippen molar-refractivity contribution in [2.24, 2.45) is 10.9 Å². The van der Waals surface area contributed by atoms with Crippen LogP contribution in [0.3, 0.4) is 0 Å². The second-order valence-electron chi connectivity index (χ2n) is 7.37. The van der Waals surface area contributed by atoms with Gasteiger partial charge in [0.15, 0.2) is 0 Å². The molecule has 1 saturated heterocycles. The Morgan fingerprint density at radius 2 is 1.96 bits per heavy atom. The zero-order valence-corrected chi connectivity index (χ0v) is 15.5. The predicted octanol–water partition coefficient (Wildman–Crippen LogP) is 1.36. The van der Waals surface area contributed by atoms with E-state index < -0.39 is 6.03 Å². The van der Waals surface area contributed by atoms with E-state index in [0.29, 0.717) is 12.3 Å². The summed E-state index contributed by atoms with van der Waals surface area (Å²) < 4.78 is 0. The van der Waals surface area contributed by atoms with Gasteiger partial charge in [-0.15, -0.1) is 0 Å². The maximum atomic E-state index is 12.3. The molecule has 2 heterocycles. The monoisotopic (exact) mass is 382 g/mol. The van der Waals surface area contributed by atoms with Crippen LogP contribution in [0.5, 0.6) is 0 Å². The van der Waals surface area contributed by atoms with Crippen LogP contribution in [0.4, 0.5) is 4.79 Å². The molecular weight excluding hydrogens is 360 g/mol. The van der Waals surface area contributed by atoms with Crippen LogP contribution >= 0.6 is 0 Å². The number of urea groups is 1. The average Bonchev–Trinajstić information content (AvgIpc) is 2.67. The van der Waals surface area contributed by atoms with Crippen LogP contribution in [0.15, 0.2) is 40.1 Å². The Balaban J connectivity index is 1.41. The smallest absolute Gasteiger partial charge is 0.324 e. The first-order valence-corrected chi connectivity index (χ1v) is 9.64. The van der Waals surface area contributed by atoms with Crippen molar-refractivity contribution in [3.05, 3.63) is 35.1 Å². The molecule has 0 aromatic rings. The number of carbonyl (C=O) groups is 4. The first-order chi connectivity index (χ1) is 13.5. The lowest BCUT2D eigenvalue weighted by molar-refractivity contribution is -0.121. The van der Waals surface area contributed by atoms with Crippen molar-refractivity contribution in [1.29, 1.82) is 0 Å². The molecule has 4 rings (SSSR count). The highest BCUT2D eigenvalue weighted by molar-refractivity contribution is 6.11. The molecule has 4 aliphatic rings. The number of rotatable bonds is 3. The van der Waals surface area contributed by atoms with E-state index in [1.54, 1.807) is 6.08 Å². The number of hydrogen-bond donors (Lipinski definition) is 2. The molecule has 1 fully saturated rings. The van der Waals surface area contributed by atoms with Gasteiger partial charge >= 0.3 is 6.03 Å². The van der Waals surface area contributed by atoms with E-state index in [4.69, 9.17) is 0 Å². The minimum absolute atomic E-state index is 0.0381. The second-order valence-corrected chi connectivity index (χ2v) is 7.37. The molecule has 0 bridgehead atoms. The molecule has 0 spiro atoms. The van der Waals surface area contributed by atoms with E-state index in [9.17, 15) is 19.2 Å². The van der Waals surface area contributed by atoms with Crippen molar-refractivity contribution >= 4 is 29.5 Å². The zero-order valence-electron chi connectivity index (χ0n) is 15.5.